The van der Waals surface area contributed by atoms with E-state index in [1.54, 1.807) is 0 Å². The molecule has 2 N–H and O–H groups in total. The molecule has 0 radical (unpaired) electrons. The lowest BCUT2D eigenvalue weighted by Crippen LogP contribution is -2.39. The second kappa shape index (κ2) is 13.4. The van der Waals surface area contributed by atoms with Gasteiger partial charge in [-0.2, -0.15) is 0 Å². The predicted octanol–water partition coefficient (Wildman–Crippen LogP) is 13.8. The van der Waals surface area contributed by atoms with Crippen LogP contribution in [0.1, 0.15) is 28.9 Å². The first-order chi connectivity index (χ1) is 27.7. The van der Waals surface area contributed by atoms with Crippen LogP contribution in [0.15, 0.2) is 206 Å². The van der Waals surface area contributed by atoms with Crippen molar-refractivity contribution in [3.05, 3.63) is 223 Å². The Balaban J connectivity index is 1.04. The molecule has 56 heavy (non-hydrogen) atoms. The van der Waals surface area contributed by atoms with E-state index in [4.69, 9.17) is 0 Å². The topological polar surface area (TPSA) is 24.1 Å². The van der Waals surface area contributed by atoms with E-state index in [9.17, 15) is 0 Å². The maximum atomic E-state index is 3.97. The first kappa shape index (κ1) is 32.4. The van der Waals surface area contributed by atoms with Gasteiger partial charge in [0.2, 0.25) is 0 Å². The molecule has 0 amide bonds. The van der Waals surface area contributed by atoms with Crippen LogP contribution < -0.4 is 10.6 Å². The molecule has 10 aromatic rings. The van der Waals surface area contributed by atoms with Crippen LogP contribution in [0, 0.1) is 0 Å². The Labute approximate surface area is 326 Å². The van der Waals surface area contributed by atoms with Gasteiger partial charge < -0.3 is 5.32 Å². The third-order valence-corrected chi connectivity index (χ3v) is 11.7. The molecule has 0 saturated heterocycles. The summed E-state index contributed by atoms with van der Waals surface area (Å²) in [6.45, 7) is 0. The lowest BCUT2D eigenvalue weighted by molar-refractivity contribution is 0.444. The SMILES string of the molecule is C1=C(c2cccc(-c3cccc(-c4c5ccccc5cc5c4ccc4ccccc45)c3)c2)NC(c2ccccc2)NC1c1cc2ccccc2c2ccccc12. The van der Waals surface area contributed by atoms with E-state index in [1.165, 1.54) is 87.2 Å². The van der Waals surface area contributed by atoms with Gasteiger partial charge in [0.25, 0.3) is 0 Å². The molecule has 0 bridgehead atoms. The van der Waals surface area contributed by atoms with Gasteiger partial charge in [0.05, 0.1) is 6.04 Å². The van der Waals surface area contributed by atoms with Gasteiger partial charge in [0.15, 0.2) is 0 Å². The van der Waals surface area contributed by atoms with Crippen LogP contribution in [0.25, 0.3) is 81.8 Å². The average molecular weight is 715 g/mol. The molecule has 0 spiro atoms. The highest BCUT2D eigenvalue weighted by atomic mass is 15.2. The molecule has 0 saturated carbocycles. The van der Waals surface area contributed by atoms with Gasteiger partial charge in [-0.25, -0.2) is 0 Å². The molecule has 1 aliphatic heterocycles. The van der Waals surface area contributed by atoms with Gasteiger partial charge in [-0.3, -0.25) is 5.32 Å². The number of benzene rings is 10. The zero-order chi connectivity index (χ0) is 37.0. The van der Waals surface area contributed by atoms with Crippen LogP contribution in [0.4, 0.5) is 0 Å². The van der Waals surface area contributed by atoms with Gasteiger partial charge in [0.1, 0.15) is 6.17 Å². The van der Waals surface area contributed by atoms with Crippen molar-refractivity contribution < 1.29 is 0 Å². The van der Waals surface area contributed by atoms with E-state index in [0.717, 1.165) is 11.3 Å². The molecule has 1 heterocycles. The van der Waals surface area contributed by atoms with Gasteiger partial charge >= 0.3 is 0 Å². The van der Waals surface area contributed by atoms with Crippen molar-refractivity contribution in [3.8, 4) is 22.3 Å². The molecule has 0 fully saturated rings. The predicted molar refractivity (Wildman–Crippen MR) is 237 cm³/mol. The van der Waals surface area contributed by atoms with Crippen molar-refractivity contribution in [2.75, 3.05) is 0 Å². The Morgan fingerprint density at radius 3 is 1.68 bits per heavy atom. The molecule has 1 aliphatic rings. The maximum Gasteiger partial charge on any atom is 0.104 e. The largest absolute Gasteiger partial charge is 0.366 e. The fraction of sp³-hybridized carbons (Fsp3) is 0.0370. The number of hydrogen-bond acceptors (Lipinski definition) is 2. The summed E-state index contributed by atoms with van der Waals surface area (Å²) in [5.74, 6) is 0. The lowest BCUT2D eigenvalue weighted by Gasteiger charge is -2.34. The summed E-state index contributed by atoms with van der Waals surface area (Å²) >= 11 is 0. The summed E-state index contributed by atoms with van der Waals surface area (Å²) < 4.78 is 0. The minimum atomic E-state index is -0.0749. The Bertz CT molecular complexity index is 3160. The third kappa shape index (κ3) is 5.54. The smallest absolute Gasteiger partial charge is 0.104 e. The Kier molecular flexibility index (Phi) is 7.75. The molecule has 264 valence electrons. The highest BCUT2D eigenvalue weighted by molar-refractivity contribution is 6.20. The summed E-state index contributed by atoms with van der Waals surface area (Å²) in [6.07, 6.45) is 2.30. The second-order valence-corrected chi connectivity index (χ2v) is 15.0. The molecule has 2 nitrogen and oxygen atoms in total. The van der Waals surface area contributed by atoms with Gasteiger partial charge in [-0.15, -0.1) is 0 Å². The highest BCUT2D eigenvalue weighted by Crippen LogP contribution is 2.41. The fourth-order valence-electron chi connectivity index (χ4n) is 9.02. The minimum Gasteiger partial charge on any atom is -0.366 e. The number of fused-ring (bicyclic) bond motifs is 7. The standard InChI is InChI=1S/C54H38N2/c1-2-15-36(16-3-1)54-55-51(34-52(56-54)50-33-39-17-5-8-24-44(39)46-26-10-11-27-47(46)50)41-21-12-19-37(30-41)38-20-13-22-42(31-38)53-45-25-9-6-18-40(45)32-49-43-23-7-4-14-35(43)28-29-48(49)53/h1-34,52,54-56H. The Morgan fingerprint density at radius 2 is 0.911 bits per heavy atom. The Morgan fingerprint density at radius 1 is 0.339 bits per heavy atom. The molecular weight excluding hydrogens is 677 g/mol. The molecule has 2 unspecified atom stereocenters. The van der Waals surface area contributed by atoms with Gasteiger partial charge in [-0.1, -0.05) is 176 Å². The summed E-state index contributed by atoms with van der Waals surface area (Å²) in [4.78, 5) is 0. The van der Waals surface area contributed by atoms with Crippen LogP contribution in [-0.2, 0) is 0 Å². The molecular formula is C54H38N2. The van der Waals surface area contributed by atoms with Crippen molar-refractivity contribution in [1.29, 1.82) is 0 Å². The molecule has 11 rings (SSSR count). The molecule has 2 heteroatoms. The van der Waals surface area contributed by atoms with Crippen molar-refractivity contribution in [2.45, 2.75) is 12.2 Å². The van der Waals surface area contributed by atoms with Gasteiger partial charge in [-0.05, 0) is 123 Å². The van der Waals surface area contributed by atoms with Crippen LogP contribution >= 0.6 is 0 Å². The first-order valence-electron chi connectivity index (χ1n) is 19.5. The summed E-state index contributed by atoms with van der Waals surface area (Å²) in [5, 5.41) is 20.6. The molecule has 10 aromatic carbocycles. The van der Waals surface area contributed by atoms with E-state index in [2.05, 4.69) is 217 Å². The fourth-order valence-corrected chi connectivity index (χ4v) is 9.02. The van der Waals surface area contributed by atoms with Crippen LogP contribution in [0.5, 0.6) is 0 Å². The van der Waals surface area contributed by atoms with Crippen molar-refractivity contribution in [3.63, 3.8) is 0 Å². The third-order valence-electron chi connectivity index (χ3n) is 11.7. The van der Waals surface area contributed by atoms with Crippen molar-refractivity contribution in [1.82, 2.24) is 10.6 Å². The highest BCUT2D eigenvalue weighted by Gasteiger charge is 2.26. The van der Waals surface area contributed by atoms with E-state index in [-0.39, 0.29) is 12.2 Å². The van der Waals surface area contributed by atoms with Gasteiger partial charge in [0, 0.05) is 5.70 Å². The number of hydrogen-bond donors (Lipinski definition) is 2. The number of rotatable bonds is 5. The Hall–Kier alpha value is -7.00. The summed E-state index contributed by atoms with van der Waals surface area (Å²) in [5.41, 5.74) is 9.63. The summed E-state index contributed by atoms with van der Waals surface area (Å²) in [6, 6.07) is 73.2. The monoisotopic (exact) mass is 714 g/mol. The lowest BCUT2D eigenvalue weighted by atomic mass is 9.88. The van der Waals surface area contributed by atoms with E-state index in [0.29, 0.717) is 0 Å². The normalized spacial score (nSPS) is 15.7. The van der Waals surface area contributed by atoms with Crippen molar-refractivity contribution in [2.24, 2.45) is 0 Å². The molecule has 0 aromatic heterocycles. The van der Waals surface area contributed by atoms with Crippen LogP contribution in [-0.4, -0.2) is 0 Å². The van der Waals surface area contributed by atoms with E-state index < -0.39 is 0 Å². The van der Waals surface area contributed by atoms with Crippen LogP contribution in [0.3, 0.4) is 0 Å². The number of nitrogens with one attached hydrogen (secondary N) is 2. The maximum absolute atomic E-state index is 3.97. The quantitative estimate of drug-likeness (QED) is 0.137. The zero-order valence-electron chi connectivity index (χ0n) is 30.8. The van der Waals surface area contributed by atoms with Crippen LogP contribution in [0.2, 0.25) is 0 Å². The van der Waals surface area contributed by atoms with E-state index >= 15 is 0 Å². The average Bonchev–Trinajstić information content (AvgIpc) is 3.28. The summed E-state index contributed by atoms with van der Waals surface area (Å²) in [7, 11) is 0. The molecule has 0 aliphatic carbocycles. The molecule has 2 atom stereocenters. The first-order valence-corrected chi connectivity index (χ1v) is 19.5. The van der Waals surface area contributed by atoms with Crippen molar-refractivity contribution >= 4 is 59.6 Å². The van der Waals surface area contributed by atoms with E-state index in [1.807, 2.05) is 0 Å². The minimum absolute atomic E-state index is 0.0198. The zero-order valence-corrected chi connectivity index (χ0v) is 30.8. The second-order valence-electron chi connectivity index (χ2n) is 15.0.